The van der Waals surface area contributed by atoms with E-state index in [4.69, 9.17) is 28.8 Å². The smallest absolute Gasteiger partial charge is 0.174 e. The first-order valence-corrected chi connectivity index (χ1v) is 16.3. The summed E-state index contributed by atoms with van der Waals surface area (Å²) in [6, 6.07) is 29.7. The molecule has 2 aliphatic heterocycles. The fraction of sp³-hybridized carbons (Fsp3) is 0.297. The normalized spacial score (nSPS) is 22.1. The lowest BCUT2D eigenvalue weighted by atomic mass is 9.91. The minimum atomic E-state index is -0.132. The van der Waals surface area contributed by atoms with Crippen molar-refractivity contribution in [3.63, 3.8) is 0 Å². The lowest BCUT2D eigenvalue weighted by molar-refractivity contribution is 0.357. The Bertz CT molecular complexity index is 1830. The summed E-state index contributed by atoms with van der Waals surface area (Å²) >= 11 is 13.2. The first-order chi connectivity index (χ1) is 21.3. The van der Waals surface area contributed by atoms with Crippen molar-refractivity contribution < 1.29 is 0 Å². The van der Waals surface area contributed by atoms with E-state index in [1.165, 1.54) is 39.8 Å². The molecule has 4 heterocycles. The number of rotatable bonds is 5. The Morgan fingerprint density at radius 3 is 2.36 bits per heavy atom. The third-order valence-electron chi connectivity index (χ3n) is 9.31. The molecule has 4 atom stereocenters. The molecular formula is C37H38ClN5S. The van der Waals surface area contributed by atoms with Crippen molar-refractivity contribution in [2.24, 2.45) is 11.8 Å². The van der Waals surface area contributed by atoms with Crippen LogP contribution in [0.4, 0.5) is 11.4 Å². The summed E-state index contributed by atoms with van der Waals surface area (Å²) in [4.78, 5) is 9.45. The van der Waals surface area contributed by atoms with Gasteiger partial charge in [-0.1, -0.05) is 67.9 Å². The molecule has 3 aromatic carbocycles. The van der Waals surface area contributed by atoms with Crippen LogP contribution in [0.2, 0.25) is 5.02 Å². The summed E-state index contributed by atoms with van der Waals surface area (Å²) < 4.78 is 2.38. The molecule has 224 valence electrons. The van der Waals surface area contributed by atoms with Gasteiger partial charge in [-0.15, -0.1) is 0 Å². The monoisotopic (exact) mass is 619 g/mol. The zero-order valence-electron chi connectivity index (χ0n) is 25.7. The molecule has 2 aromatic heterocycles. The number of aryl methyl sites for hydroxylation is 1. The summed E-state index contributed by atoms with van der Waals surface area (Å²) in [6.07, 6.45) is 3.11. The first-order valence-electron chi connectivity index (χ1n) is 15.5. The fourth-order valence-electron chi connectivity index (χ4n) is 7.57. The SMILES string of the molecule is Cc1cc([C@@H]2[C@H](c3ccccn3)NC(=S)N2c2ccc(N3C[C@H](C)C[C@H](C)C3)c(Cl)c2)c(C)n1-c1cccc2ccccc12. The fourth-order valence-corrected chi connectivity index (χ4v) is 8.21. The van der Waals surface area contributed by atoms with E-state index < -0.39 is 0 Å². The molecule has 44 heavy (non-hydrogen) atoms. The van der Waals surface area contributed by atoms with Gasteiger partial charge in [-0.25, -0.2) is 0 Å². The van der Waals surface area contributed by atoms with Crippen molar-refractivity contribution in [2.75, 3.05) is 22.9 Å². The zero-order chi connectivity index (χ0) is 30.5. The van der Waals surface area contributed by atoms with Gasteiger partial charge in [0.15, 0.2) is 5.11 Å². The van der Waals surface area contributed by atoms with E-state index in [0.29, 0.717) is 16.9 Å². The van der Waals surface area contributed by atoms with Crippen molar-refractivity contribution in [3.8, 4) is 5.69 Å². The summed E-state index contributed by atoms with van der Waals surface area (Å²) in [5.41, 5.74) is 7.77. The number of benzene rings is 3. The molecule has 7 heteroatoms. The standard InChI is InChI=1S/C37H38ClN5S/c1-23-18-24(2)22-41(21-23)34-16-15-28(20-31(34)38)43-36(35(40-37(43)44)32-13-7-8-17-39-32)30-19-25(3)42(26(30)4)33-14-9-11-27-10-5-6-12-29(27)33/h5-17,19-20,23-24,35-36H,18,21-22H2,1-4H3,(H,40,44)/t23-,24+,35-,36+/m0/s1. The highest BCUT2D eigenvalue weighted by molar-refractivity contribution is 7.80. The number of pyridine rings is 1. The Labute approximate surface area is 270 Å². The molecule has 2 saturated heterocycles. The topological polar surface area (TPSA) is 36.3 Å². The summed E-state index contributed by atoms with van der Waals surface area (Å²) in [5.74, 6) is 1.29. The zero-order valence-corrected chi connectivity index (χ0v) is 27.2. The highest BCUT2D eigenvalue weighted by Gasteiger charge is 2.42. The van der Waals surface area contributed by atoms with Crippen molar-refractivity contribution in [1.82, 2.24) is 14.9 Å². The van der Waals surface area contributed by atoms with Gasteiger partial charge in [-0.3, -0.25) is 4.98 Å². The maximum atomic E-state index is 7.08. The van der Waals surface area contributed by atoms with Gasteiger partial charge in [0.05, 0.1) is 34.2 Å². The van der Waals surface area contributed by atoms with E-state index in [2.05, 4.69) is 120 Å². The molecule has 1 N–H and O–H groups in total. The van der Waals surface area contributed by atoms with Crippen LogP contribution in [0, 0.1) is 25.7 Å². The van der Waals surface area contributed by atoms with Crippen molar-refractivity contribution in [2.45, 2.75) is 46.2 Å². The highest BCUT2D eigenvalue weighted by atomic mass is 35.5. The van der Waals surface area contributed by atoms with Crippen molar-refractivity contribution in [3.05, 3.63) is 119 Å². The van der Waals surface area contributed by atoms with Gasteiger partial charge in [-0.2, -0.15) is 0 Å². The summed E-state index contributed by atoms with van der Waals surface area (Å²) in [5, 5.41) is 7.51. The van der Waals surface area contributed by atoms with Gasteiger partial charge >= 0.3 is 0 Å². The number of piperidine rings is 1. The maximum absolute atomic E-state index is 7.08. The van der Waals surface area contributed by atoms with Crippen LogP contribution in [0.5, 0.6) is 0 Å². The van der Waals surface area contributed by atoms with Gasteiger partial charge < -0.3 is 19.7 Å². The predicted octanol–water partition coefficient (Wildman–Crippen LogP) is 8.96. The van der Waals surface area contributed by atoms with Crippen LogP contribution in [0.25, 0.3) is 16.5 Å². The molecule has 0 aliphatic carbocycles. The Hall–Kier alpha value is -3.87. The molecule has 5 aromatic rings. The first kappa shape index (κ1) is 28.9. The van der Waals surface area contributed by atoms with Gasteiger partial charge in [0.1, 0.15) is 0 Å². The number of hydrogen-bond acceptors (Lipinski definition) is 3. The Morgan fingerprint density at radius 2 is 1.61 bits per heavy atom. The summed E-state index contributed by atoms with van der Waals surface area (Å²) in [6.45, 7) is 11.1. The van der Waals surface area contributed by atoms with Crippen LogP contribution in [-0.2, 0) is 0 Å². The van der Waals surface area contributed by atoms with E-state index in [9.17, 15) is 0 Å². The van der Waals surface area contributed by atoms with Crippen molar-refractivity contribution >= 4 is 51.1 Å². The van der Waals surface area contributed by atoms with Crippen LogP contribution >= 0.6 is 23.8 Å². The van der Waals surface area contributed by atoms with Gasteiger partial charge in [0.2, 0.25) is 0 Å². The molecule has 0 bridgehead atoms. The number of thiocarbonyl (C=S) groups is 1. The van der Waals surface area contributed by atoms with Gasteiger partial charge in [0.25, 0.3) is 0 Å². The third-order valence-corrected chi connectivity index (χ3v) is 9.93. The number of anilines is 2. The molecule has 0 saturated carbocycles. The van der Waals surface area contributed by atoms with E-state index in [-0.39, 0.29) is 12.1 Å². The predicted molar refractivity (Wildman–Crippen MR) is 187 cm³/mol. The molecule has 0 radical (unpaired) electrons. The third kappa shape index (κ3) is 5.04. The second kappa shape index (κ2) is 11.6. The number of nitrogens with one attached hydrogen (secondary N) is 1. The molecule has 0 spiro atoms. The van der Waals surface area contributed by atoms with E-state index in [1.54, 1.807) is 0 Å². The average molecular weight is 620 g/mol. The number of fused-ring (bicyclic) bond motifs is 1. The van der Waals surface area contributed by atoms with E-state index in [1.807, 2.05) is 18.3 Å². The highest BCUT2D eigenvalue weighted by Crippen LogP contribution is 2.45. The molecule has 5 nitrogen and oxygen atoms in total. The molecule has 0 amide bonds. The quantitative estimate of drug-likeness (QED) is 0.199. The molecule has 2 fully saturated rings. The molecular weight excluding hydrogens is 582 g/mol. The average Bonchev–Trinajstić information content (AvgIpc) is 3.51. The second-order valence-electron chi connectivity index (χ2n) is 12.6. The van der Waals surface area contributed by atoms with Gasteiger partial charge in [0, 0.05) is 41.7 Å². The second-order valence-corrected chi connectivity index (χ2v) is 13.4. The molecule has 7 rings (SSSR count). The Morgan fingerprint density at radius 1 is 0.864 bits per heavy atom. The minimum Gasteiger partial charge on any atom is -0.370 e. The number of halogens is 1. The largest absolute Gasteiger partial charge is 0.370 e. The van der Waals surface area contributed by atoms with E-state index in [0.717, 1.165) is 35.2 Å². The minimum absolute atomic E-state index is 0.121. The molecule has 2 aliphatic rings. The summed E-state index contributed by atoms with van der Waals surface area (Å²) in [7, 11) is 0. The van der Waals surface area contributed by atoms with Crippen LogP contribution in [-0.4, -0.2) is 27.8 Å². The van der Waals surface area contributed by atoms with Gasteiger partial charge in [-0.05, 0) is 97.7 Å². The lowest BCUT2D eigenvalue weighted by Crippen LogP contribution is -2.38. The lowest BCUT2D eigenvalue weighted by Gasteiger charge is -2.37. The number of aromatic nitrogens is 2. The van der Waals surface area contributed by atoms with Crippen LogP contribution in [0.15, 0.2) is 91.1 Å². The van der Waals surface area contributed by atoms with Crippen LogP contribution in [0.1, 0.15) is 55.0 Å². The number of hydrogen-bond donors (Lipinski definition) is 1. The Kier molecular flexibility index (Phi) is 7.59. The Balaban J connectivity index is 1.34. The van der Waals surface area contributed by atoms with Crippen molar-refractivity contribution in [1.29, 1.82) is 0 Å². The van der Waals surface area contributed by atoms with Crippen LogP contribution in [0.3, 0.4) is 0 Å². The van der Waals surface area contributed by atoms with Crippen LogP contribution < -0.4 is 15.1 Å². The maximum Gasteiger partial charge on any atom is 0.174 e. The number of nitrogens with zero attached hydrogens (tertiary/aromatic N) is 4. The van der Waals surface area contributed by atoms with E-state index >= 15 is 0 Å². The molecule has 0 unspecified atom stereocenters.